The van der Waals surface area contributed by atoms with Crippen molar-refractivity contribution in [2.75, 3.05) is 6.61 Å². The van der Waals surface area contributed by atoms with Crippen LogP contribution >= 0.6 is 0 Å². The molecule has 0 radical (unpaired) electrons. The van der Waals surface area contributed by atoms with Crippen LogP contribution in [-0.2, 0) is 14.3 Å². The first-order valence-corrected chi connectivity index (χ1v) is 17.8. The third kappa shape index (κ3) is 4.73. The molecule has 0 unspecified atom stereocenters. The summed E-state index contributed by atoms with van der Waals surface area (Å²) in [7, 11) is 0. The van der Waals surface area contributed by atoms with Crippen molar-refractivity contribution in [3.63, 3.8) is 0 Å². The molecule has 5 fully saturated rings. The van der Waals surface area contributed by atoms with Gasteiger partial charge < -0.3 is 14.6 Å². The predicted octanol–water partition coefficient (Wildman–Crippen LogP) is 9.13. The number of aromatic carboxylic acids is 1. The fourth-order valence-electron chi connectivity index (χ4n) is 13.0. The first-order valence-electron chi connectivity index (χ1n) is 17.8. The van der Waals surface area contributed by atoms with Crippen molar-refractivity contribution >= 4 is 17.9 Å². The van der Waals surface area contributed by atoms with Crippen molar-refractivity contribution < 1.29 is 29.0 Å². The molecule has 0 bridgehead atoms. The van der Waals surface area contributed by atoms with Crippen molar-refractivity contribution in [3.8, 4) is 0 Å². The third-order valence-corrected chi connectivity index (χ3v) is 15.4. The highest BCUT2D eigenvalue weighted by Gasteiger charge is 2.71. The molecule has 1 aromatic carbocycles. The van der Waals surface area contributed by atoms with E-state index in [0.717, 1.165) is 44.9 Å². The van der Waals surface area contributed by atoms with Gasteiger partial charge in [-0.1, -0.05) is 58.9 Å². The molecule has 5 saturated carbocycles. The molecule has 5 aliphatic rings. The molecule has 0 spiro atoms. The number of carbonyl (C=O) groups excluding carboxylic acids is 2. The van der Waals surface area contributed by atoms with Gasteiger partial charge in [0.2, 0.25) is 0 Å². The molecule has 46 heavy (non-hydrogen) atoms. The number of allylic oxidation sites excluding steroid dienone is 1. The van der Waals surface area contributed by atoms with Gasteiger partial charge in [-0.05, 0) is 129 Å². The quantitative estimate of drug-likeness (QED) is 0.249. The molecular weight excluding hydrogens is 576 g/mol. The summed E-state index contributed by atoms with van der Waals surface area (Å²) in [5.74, 6) is 0.747. The summed E-state index contributed by atoms with van der Waals surface area (Å²) in [4.78, 5) is 37.2. The van der Waals surface area contributed by atoms with Crippen molar-refractivity contribution in [2.24, 2.45) is 56.7 Å². The standard InChI is InChI=1S/C40H56O6/c1-24(2)26-15-20-40(23-45-25(3)41)22-21-38(7)29(33(26)40)13-14-31-37(6)18-17-32(36(4,5)30(37)16-19-39(31,38)8)46-35(44)28-12-10-9-11-27(28)34(42)43/h9-12,26,29-33H,1,13-23H2,2-8H3,(H,42,43)/t26-,29-,30-,31-,32+,33-,37+,38+,39-,40-/m1/s1. The van der Waals surface area contributed by atoms with E-state index in [1.165, 1.54) is 30.9 Å². The summed E-state index contributed by atoms with van der Waals surface area (Å²) in [6.45, 7) is 21.1. The van der Waals surface area contributed by atoms with Gasteiger partial charge in [0.05, 0.1) is 17.7 Å². The molecule has 0 aliphatic heterocycles. The number of benzene rings is 1. The topological polar surface area (TPSA) is 89.9 Å². The molecule has 0 aromatic heterocycles. The summed E-state index contributed by atoms with van der Waals surface area (Å²) < 4.78 is 12.0. The van der Waals surface area contributed by atoms with E-state index in [4.69, 9.17) is 9.47 Å². The third-order valence-electron chi connectivity index (χ3n) is 15.4. The number of hydrogen-bond donors (Lipinski definition) is 1. The first-order chi connectivity index (χ1) is 21.5. The molecule has 5 aliphatic carbocycles. The summed E-state index contributed by atoms with van der Waals surface area (Å²) in [6.07, 6.45) is 10.8. The monoisotopic (exact) mass is 632 g/mol. The van der Waals surface area contributed by atoms with Crippen LogP contribution in [0.15, 0.2) is 36.4 Å². The molecule has 0 amide bonds. The van der Waals surface area contributed by atoms with E-state index >= 15 is 0 Å². The van der Waals surface area contributed by atoms with Crippen LogP contribution in [0.3, 0.4) is 0 Å². The summed E-state index contributed by atoms with van der Waals surface area (Å²) in [5.41, 5.74) is 1.75. The van der Waals surface area contributed by atoms with Crippen LogP contribution in [0, 0.1) is 56.7 Å². The maximum Gasteiger partial charge on any atom is 0.339 e. The lowest BCUT2D eigenvalue weighted by Gasteiger charge is -2.73. The Labute approximate surface area is 276 Å². The SMILES string of the molecule is C=C(C)[C@H]1CC[C@]2(COC(C)=O)CC[C@@]3(C)[C@H](CC[C@@H]4[C@@]5(C)CC[C@H](OC(=O)c6ccccc6C(=O)O)C(C)(C)[C@H]5CC[C@]43C)[C@@H]12. The molecule has 0 saturated heterocycles. The Morgan fingerprint density at radius 2 is 1.52 bits per heavy atom. The Kier molecular flexibility index (Phi) is 8.12. The smallest absolute Gasteiger partial charge is 0.339 e. The van der Waals surface area contributed by atoms with Crippen LogP contribution in [0.4, 0.5) is 0 Å². The van der Waals surface area contributed by atoms with Crippen molar-refractivity contribution in [1.29, 1.82) is 0 Å². The highest BCUT2D eigenvalue weighted by Crippen LogP contribution is 2.77. The number of hydrogen-bond acceptors (Lipinski definition) is 5. The summed E-state index contributed by atoms with van der Waals surface area (Å²) in [6, 6.07) is 6.37. The zero-order valence-electron chi connectivity index (χ0n) is 29.2. The van der Waals surface area contributed by atoms with Crippen LogP contribution in [0.1, 0.15) is 133 Å². The number of ether oxygens (including phenoxy) is 2. The van der Waals surface area contributed by atoms with Gasteiger partial charge in [0.1, 0.15) is 6.10 Å². The van der Waals surface area contributed by atoms with E-state index in [1.54, 1.807) is 25.1 Å². The van der Waals surface area contributed by atoms with E-state index in [0.29, 0.717) is 36.2 Å². The molecule has 6 nitrogen and oxygen atoms in total. The average molecular weight is 633 g/mol. The molecule has 1 N–H and O–H groups in total. The number of esters is 2. The molecular formula is C40H56O6. The minimum atomic E-state index is -1.11. The fraction of sp³-hybridized carbons (Fsp3) is 0.725. The lowest BCUT2D eigenvalue weighted by molar-refractivity contribution is -0.249. The Morgan fingerprint density at radius 1 is 0.826 bits per heavy atom. The number of rotatable bonds is 6. The molecule has 0 heterocycles. The molecule has 10 atom stereocenters. The fourth-order valence-corrected chi connectivity index (χ4v) is 13.0. The maximum absolute atomic E-state index is 13.4. The number of carboxylic acids is 1. The average Bonchev–Trinajstić information content (AvgIpc) is 3.38. The summed E-state index contributed by atoms with van der Waals surface area (Å²) in [5, 5.41) is 9.67. The minimum Gasteiger partial charge on any atom is -0.478 e. The van der Waals surface area contributed by atoms with E-state index in [-0.39, 0.29) is 50.3 Å². The molecule has 6 rings (SSSR count). The normalized spacial score (nSPS) is 42.4. The van der Waals surface area contributed by atoms with Crippen LogP contribution in [0.25, 0.3) is 0 Å². The van der Waals surface area contributed by atoms with Gasteiger partial charge in [-0.15, -0.1) is 0 Å². The minimum absolute atomic E-state index is 0.00935. The van der Waals surface area contributed by atoms with Gasteiger partial charge in [0.15, 0.2) is 0 Å². The summed E-state index contributed by atoms with van der Waals surface area (Å²) >= 11 is 0. The van der Waals surface area contributed by atoms with Crippen LogP contribution in [-0.4, -0.2) is 35.7 Å². The second-order valence-electron chi connectivity index (χ2n) is 17.4. The second-order valence-corrected chi connectivity index (χ2v) is 17.4. The van der Waals surface area contributed by atoms with Crippen LogP contribution in [0.5, 0.6) is 0 Å². The second kappa shape index (κ2) is 11.2. The highest BCUT2D eigenvalue weighted by molar-refractivity contribution is 6.02. The van der Waals surface area contributed by atoms with E-state index in [2.05, 4.69) is 48.1 Å². The van der Waals surface area contributed by atoms with Gasteiger partial charge in [-0.25, -0.2) is 9.59 Å². The van der Waals surface area contributed by atoms with Gasteiger partial charge in [-0.3, -0.25) is 4.79 Å². The van der Waals surface area contributed by atoms with Gasteiger partial charge in [-0.2, -0.15) is 0 Å². The lowest BCUT2D eigenvalue weighted by atomic mass is 9.32. The van der Waals surface area contributed by atoms with Crippen molar-refractivity contribution in [1.82, 2.24) is 0 Å². The van der Waals surface area contributed by atoms with Gasteiger partial charge in [0.25, 0.3) is 0 Å². The Balaban J connectivity index is 1.27. The predicted molar refractivity (Wildman–Crippen MR) is 178 cm³/mol. The Hall–Kier alpha value is -2.63. The number of carboxylic acid groups (broad SMARTS) is 1. The van der Waals surface area contributed by atoms with Crippen LogP contribution < -0.4 is 0 Å². The number of carbonyl (C=O) groups is 3. The molecule has 6 heteroatoms. The zero-order valence-corrected chi connectivity index (χ0v) is 29.2. The van der Waals surface area contributed by atoms with Gasteiger partial charge in [0, 0.05) is 17.8 Å². The van der Waals surface area contributed by atoms with Gasteiger partial charge >= 0.3 is 17.9 Å². The lowest BCUT2D eigenvalue weighted by Crippen LogP contribution is -2.67. The molecule has 1 aromatic rings. The Morgan fingerprint density at radius 3 is 2.17 bits per heavy atom. The largest absolute Gasteiger partial charge is 0.478 e. The van der Waals surface area contributed by atoms with E-state index in [9.17, 15) is 19.5 Å². The van der Waals surface area contributed by atoms with Crippen molar-refractivity contribution in [2.45, 2.75) is 119 Å². The maximum atomic E-state index is 13.4. The van der Waals surface area contributed by atoms with Crippen LogP contribution in [0.2, 0.25) is 0 Å². The number of fused-ring (bicyclic) bond motifs is 7. The van der Waals surface area contributed by atoms with E-state index < -0.39 is 11.9 Å². The van der Waals surface area contributed by atoms with Crippen molar-refractivity contribution in [3.05, 3.63) is 47.5 Å². The highest BCUT2D eigenvalue weighted by atomic mass is 16.5. The Bertz CT molecular complexity index is 1430. The zero-order chi connectivity index (χ0) is 33.4. The first kappa shape index (κ1) is 33.3. The molecule has 252 valence electrons. The van der Waals surface area contributed by atoms with E-state index in [1.807, 2.05) is 0 Å².